The highest BCUT2D eigenvalue weighted by Gasteiger charge is 2.05. The molecule has 0 fully saturated rings. The van der Waals surface area contributed by atoms with Crippen LogP contribution in [-0.2, 0) is 0 Å². The molecule has 0 radical (unpaired) electrons. The summed E-state index contributed by atoms with van der Waals surface area (Å²) in [4.78, 5) is 0. The number of nitrogens with one attached hydrogen (secondary N) is 1. The van der Waals surface area contributed by atoms with Gasteiger partial charge in [0, 0.05) is 16.2 Å². The maximum absolute atomic E-state index is 5.15. The zero-order valence-electron chi connectivity index (χ0n) is 10.5. The van der Waals surface area contributed by atoms with Gasteiger partial charge >= 0.3 is 0 Å². The van der Waals surface area contributed by atoms with Gasteiger partial charge in [0.2, 0.25) is 0 Å². The Balaban J connectivity index is 2.06. The van der Waals surface area contributed by atoms with E-state index in [9.17, 15) is 0 Å². The molecule has 0 amide bonds. The van der Waals surface area contributed by atoms with E-state index in [2.05, 4.69) is 52.4 Å². The van der Waals surface area contributed by atoms with Crippen LogP contribution < -0.4 is 10.1 Å². The van der Waals surface area contributed by atoms with Crippen molar-refractivity contribution in [1.29, 1.82) is 0 Å². The van der Waals surface area contributed by atoms with Crippen molar-refractivity contribution in [1.82, 2.24) is 0 Å². The lowest BCUT2D eigenvalue weighted by atomic mass is 10.1. The molecule has 0 unspecified atom stereocenters. The van der Waals surface area contributed by atoms with E-state index in [1.54, 1.807) is 7.11 Å². The second-order valence-electron chi connectivity index (χ2n) is 4.15. The van der Waals surface area contributed by atoms with Gasteiger partial charge in [-0.25, -0.2) is 0 Å². The summed E-state index contributed by atoms with van der Waals surface area (Å²) in [6.45, 7) is 2.14. The Morgan fingerprint density at radius 1 is 1.00 bits per heavy atom. The minimum absolute atomic E-state index is 0.261. The minimum atomic E-state index is 0.261. The molecule has 0 heterocycles. The fourth-order valence-electron chi connectivity index (χ4n) is 1.77. The van der Waals surface area contributed by atoms with Crippen LogP contribution in [0.5, 0.6) is 5.75 Å². The van der Waals surface area contributed by atoms with Crippen molar-refractivity contribution in [3.63, 3.8) is 0 Å². The Bertz CT molecular complexity index is 493. The van der Waals surface area contributed by atoms with E-state index in [1.165, 1.54) is 5.56 Å². The molecule has 0 aliphatic carbocycles. The molecule has 0 spiro atoms. The van der Waals surface area contributed by atoms with Crippen LogP contribution in [0.25, 0.3) is 0 Å². The fraction of sp³-hybridized carbons (Fsp3) is 0.200. The summed E-state index contributed by atoms with van der Waals surface area (Å²) in [6.07, 6.45) is 0. The van der Waals surface area contributed by atoms with Crippen LogP contribution in [-0.4, -0.2) is 7.11 Å². The molecule has 0 saturated carbocycles. The standard InChI is InChI=1S/C15H16BrNO/c1-11(12-3-9-15(18-2)10-4-12)17-14-7-5-13(16)6-8-14/h3-11,17H,1-2H3/t11-/m0/s1. The summed E-state index contributed by atoms with van der Waals surface area (Å²) in [6, 6.07) is 16.6. The molecule has 0 aromatic heterocycles. The first-order valence-corrected chi connectivity index (χ1v) is 6.64. The molecule has 1 N–H and O–H groups in total. The summed E-state index contributed by atoms with van der Waals surface area (Å²) in [5.74, 6) is 0.884. The van der Waals surface area contributed by atoms with Crippen LogP contribution in [0.1, 0.15) is 18.5 Å². The third-order valence-electron chi connectivity index (χ3n) is 2.84. The van der Waals surface area contributed by atoms with Gasteiger partial charge < -0.3 is 10.1 Å². The summed E-state index contributed by atoms with van der Waals surface area (Å²) < 4.78 is 6.24. The number of benzene rings is 2. The van der Waals surface area contributed by atoms with Crippen molar-refractivity contribution in [2.45, 2.75) is 13.0 Å². The van der Waals surface area contributed by atoms with Crippen molar-refractivity contribution in [2.75, 3.05) is 12.4 Å². The van der Waals surface area contributed by atoms with E-state index in [0.717, 1.165) is 15.9 Å². The van der Waals surface area contributed by atoms with Crippen molar-refractivity contribution >= 4 is 21.6 Å². The van der Waals surface area contributed by atoms with Gasteiger partial charge in [0.15, 0.2) is 0 Å². The molecule has 94 valence electrons. The van der Waals surface area contributed by atoms with Crippen LogP contribution in [0, 0.1) is 0 Å². The average molecular weight is 306 g/mol. The Labute approximate surface area is 116 Å². The van der Waals surface area contributed by atoms with Crippen molar-refractivity contribution in [3.05, 3.63) is 58.6 Å². The summed E-state index contributed by atoms with van der Waals surface area (Å²) >= 11 is 3.43. The normalized spacial score (nSPS) is 11.9. The highest BCUT2D eigenvalue weighted by atomic mass is 79.9. The van der Waals surface area contributed by atoms with Crippen molar-refractivity contribution in [3.8, 4) is 5.75 Å². The number of halogens is 1. The second-order valence-corrected chi connectivity index (χ2v) is 5.06. The molecule has 2 aromatic rings. The molecule has 0 saturated heterocycles. The van der Waals surface area contributed by atoms with Crippen molar-refractivity contribution in [2.24, 2.45) is 0 Å². The number of rotatable bonds is 4. The smallest absolute Gasteiger partial charge is 0.118 e. The molecule has 3 heteroatoms. The quantitative estimate of drug-likeness (QED) is 0.889. The van der Waals surface area contributed by atoms with E-state index >= 15 is 0 Å². The molecule has 0 aliphatic rings. The van der Waals surface area contributed by atoms with E-state index < -0.39 is 0 Å². The van der Waals surface area contributed by atoms with Gasteiger partial charge in [0.25, 0.3) is 0 Å². The van der Waals surface area contributed by atoms with Gasteiger partial charge in [-0.05, 0) is 48.9 Å². The van der Waals surface area contributed by atoms with E-state index in [0.29, 0.717) is 0 Å². The van der Waals surface area contributed by atoms with Crippen LogP contribution in [0.4, 0.5) is 5.69 Å². The number of ether oxygens (including phenoxy) is 1. The third kappa shape index (κ3) is 3.26. The number of hydrogen-bond acceptors (Lipinski definition) is 2. The maximum Gasteiger partial charge on any atom is 0.118 e. The van der Waals surface area contributed by atoms with E-state index in [-0.39, 0.29) is 6.04 Å². The average Bonchev–Trinajstić information content (AvgIpc) is 2.41. The Morgan fingerprint density at radius 2 is 1.61 bits per heavy atom. The summed E-state index contributed by atoms with van der Waals surface area (Å²) in [5, 5.41) is 3.46. The van der Waals surface area contributed by atoms with Gasteiger partial charge in [-0.2, -0.15) is 0 Å². The largest absolute Gasteiger partial charge is 0.497 e. The fourth-order valence-corrected chi connectivity index (χ4v) is 2.04. The van der Waals surface area contributed by atoms with Crippen LogP contribution in [0.3, 0.4) is 0 Å². The molecule has 2 rings (SSSR count). The Hall–Kier alpha value is -1.48. The molecule has 0 bridgehead atoms. The molecular weight excluding hydrogens is 290 g/mol. The van der Waals surface area contributed by atoms with Gasteiger partial charge in [-0.15, -0.1) is 0 Å². The molecular formula is C15H16BrNO. The van der Waals surface area contributed by atoms with Crippen molar-refractivity contribution < 1.29 is 4.74 Å². The van der Waals surface area contributed by atoms with Crippen LogP contribution in [0.2, 0.25) is 0 Å². The summed E-state index contributed by atoms with van der Waals surface area (Å²) in [5.41, 5.74) is 2.35. The van der Waals surface area contributed by atoms with Gasteiger partial charge in [-0.1, -0.05) is 28.1 Å². The minimum Gasteiger partial charge on any atom is -0.497 e. The SMILES string of the molecule is COc1ccc([C@H](C)Nc2ccc(Br)cc2)cc1. The highest BCUT2D eigenvalue weighted by Crippen LogP contribution is 2.22. The lowest BCUT2D eigenvalue weighted by Gasteiger charge is -2.16. The van der Waals surface area contributed by atoms with E-state index in [4.69, 9.17) is 4.74 Å². The zero-order valence-corrected chi connectivity index (χ0v) is 12.1. The van der Waals surface area contributed by atoms with E-state index in [1.807, 2.05) is 24.3 Å². The Morgan fingerprint density at radius 3 is 2.17 bits per heavy atom. The molecule has 1 atom stereocenters. The molecule has 2 nitrogen and oxygen atoms in total. The lowest BCUT2D eigenvalue weighted by molar-refractivity contribution is 0.414. The maximum atomic E-state index is 5.15. The second kappa shape index (κ2) is 5.91. The highest BCUT2D eigenvalue weighted by molar-refractivity contribution is 9.10. The lowest BCUT2D eigenvalue weighted by Crippen LogP contribution is -2.06. The Kier molecular flexibility index (Phi) is 4.26. The number of hydrogen-bond donors (Lipinski definition) is 1. The molecule has 18 heavy (non-hydrogen) atoms. The number of anilines is 1. The van der Waals surface area contributed by atoms with Crippen LogP contribution >= 0.6 is 15.9 Å². The first-order valence-electron chi connectivity index (χ1n) is 5.85. The van der Waals surface area contributed by atoms with Gasteiger partial charge in [0.05, 0.1) is 7.11 Å². The third-order valence-corrected chi connectivity index (χ3v) is 3.37. The molecule has 0 aliphatic heterocycles. The first-order chi connectivity index (χ1) is 8.69. The molecule has 2 aromatic carbocycles. The number of methoxy groups -OCH3 is 1. The van der Waals surface area contributed by atoms with Crippen LogP contribution in [0.15, 0.2) is 53.0 Å². The predicted molar refractivity (Wildman–Crippen MR) is 79.2 cm³/mol. The predicted octanol–water partition coefficient (Wildman–Crippen LogP) is 4.63. The topological polar surface area (TPSA) is 21.3 Å². The van der Waals surface area contributed by atoms with Gasteiger partial charge in [-0.3, -0.25) is 0 Å². The van der Waals surface area contributed by atoms with Gasteiger partial charge in [0.1, 0.15) is 5.75 Å². The first kappa shape index (κ1) is 13.0. The summed E-state index contributed by atoms with van der Waals surface area (Å²) in [7, 11) is 1.68. The zero-order chi connectivity index (χ0) is 13.0. The monoisotopic (exact) mass is 305 g/mol.